The Hall–Kier alpha value is -2.01. The van der Waals surface area contributed by atoms with Crippen molar-refractivity contribution in [3.63, 3.8) is 0 Å². The van der Waals surface area contributed by atoms with Gasteiger partial charge in [0.25, 0.3) is 5.91 Å². The van der Waals surface area contributed by atoms with Crippen molar-refractivity contribution in [2.45, 2.75) is 24.7 Å². The number of thioether (sulfide) groups is 1. The second kappa shape index (κ2) is 6.63. The average molecular weight is 301 g/mol. The van der Waals surface area contributed by atoms with Crippen LogP contribution in [0.1, 0.15) is 35.8 Å². The molecule has 4 nitrogen and oxygen atoms in total. The number of hydrogen-bond donors (Lipinski definition) is 2. The number of nitrogens with zero attached hydrogens (tertiary/aromatic N) is 1. The fraction of sp³-hybridized carbons (Fsp3) is 0.250. The molecule has 21 heavy (non-hydrogen) atoms. The molecule has 0 saturated heterocycles. The van der Waals surface area contributed by atoms with E-state index in [4.69, 9.17) is 5.73 Å². The van der Waals surface area contributed by atoms with Gasteiger partial charge in [0, 0.05) is 21.8 Å². The zero-order valence-corrected chi connectivity index (χ0v) is 13.2. The maximum absolute atomic E-state index is 12.3. The summed E-state index contributed by atoms with van der Waals surface area (Å²) < 4.78 is 0. The van der Waals surface area contributed by atoms with Crippen LogP contribution < -0.4 is 11.1 Å². The number of carbonyl (C=O) groups excluding carboxylic acids is 1. The minimum atomic E-state index is -0.178. The number of nitrogens with one attached hydrogen (secondary N) is 1. The van der Waals surface area contributed by atoms with Crippen LogP contribution in [0.3, 0.4) is 0 Å². The summed E-state index contributed by atoms with van der Waals surface area (Å²) in [6.45, 7) is 4.04. The monoisotopic (exact) mass is 301 g/mol. The third-order valence-electron chi connectivity index (χ3n) is 3.07. The molecule has 2 rings (SSSR count). The summed E-state index contributed by atoms with van der Waals surface area (Å²) in [5.74, 6) is 0.410. The van der Waals surface area contributed by atoms with Crippen LogP contribution in [-0.2, 0) is 0 Å². The molecule has 0 fully saturated rings. The summed E-state index contributed by atoms with van der Waals surface area (Å²) in [5.41, 5.74) is 7.88. The van der Waals surface area contributed by atoms with Gasteiger partial charge in [0.2, 0.25) is 0 Å². The summed E-state index contributed by atoms with van der Waals surface area (Å²) in [6, 6.07) is 11.1. The molecule has 1 aromatic carbocycles. The van der Waals surface area contributed by atoms with E-state index >= 15 is 0 Å². The van der Waals surface area contributed by atoms with E-state index < -0.39 is 0 Å². The first-order valence-electron chi connectivity index (χ1n) is 6.72. The summed E-state index contributed by atoms with van der Waals surface area (Å²) >= 11 is 1.66. The van der Waals surface area contributed by atoms with Crippen LogP contribution >= 0.6 is 11.8 Å². The highest BCUT2D eigenvalue weighted by Gasteiger charge is 2.11. The first-order valence-corrected chi connectivity index (χ1v) is 7.95. The Balaban J connectivity index is 2.19. The zero-order chi connectivity index (χ0) is 15.4. The molecule has 0 bridgehead atoms. The number of amides is 1. The van der Waals surface area contributed by atoms with Crippen LogP contribution in [-0.4, -0.2) is 17.1 Å². The Kier molecular flexibility index (Phi) is 4.85. The number of pyridine rings is 1. The van der Waals surface area contributed by atoms with Crippen LogP contribution in [0.25, 0.3) is 0 Å². The zero-order valence-electron chi connectivity index (χ0n) is 12.4. The van der Waals surface area contributed by atoms with Gasteiger partial charge in [-0.2, -0.15) is 0 Å². The van der Waals surface area contributed by atoms with Crippen LogP contribution in [0.5, 0.6) is 0 Å². The van der Waals surface area contributed by atoms with Crippen LogP contribution in [0.15, 0.2) is 41.3 Å². The van der Waals surface area contributed by atoms with Crippen molar-refractivity contribution in [3.05, 3.63) is 47.7 Å². The SMILES string of the molecule is CSc1ccc(NC(=O)c2cc(N)nc(C(C)C)c2)cc1. The van der Waals surface area contributed by atoms with E-state index in [1.807, 2.05) is 44.4 Å². The van der Waals surface area contributed by atoms with E-state index in [0.717, 1.165) is 16.3 Å². The van der Waals surface area contributed by atoms with Crippen LogP contribution in [0.2, 0.25) is 0 Å². The van der Waals surface area contributed by atoms with Gasteiger partial charge in [-0.1, -0.05) is 13.8 Å². The second-order valence-electron chi connectivity index (χ2n) is 5.04. The number of hydrogen-bond acceptors (Lipinski definition) is 4. The number of nitrogen functional groups attached to an aromatic ring is 1. The van der Waals surface area contributed by atoms with Crippen molar-refractivity contribution in [2.24, 2.45) is 0 Å². The number of carbonyl (C=O) groups is 1. The largest absolute Gasteiger partial charge is 0.384 e. The minimum absolute atomic E-state index is 0.178. The molecule has 5 heteroatoms. The predicted molar refractivity (Wildman–Crippen MR) is 88.9 cm³/mol. The Morgan fingerprint density at radius 2 is 1.90 bits per heavy atom. The van der Waals surface area contributed by atoms with Crippen molar-refractivity contribution in [1.29, 1.82) is 0 Å². The Morgan fingerprint density at radius 1 is 1.24 bits per heavy atom. The molecule has 3 N–H and O–H groups in total. The molecule has 0 spiro atoms. The molecular formula is C16H19N3OS. The molecule has 1 amide bonds. The molecule has 1 heterocycles. The molecule has 110 valence electrons. The fourth-order valence-electron chi connectivity index (χ4n) is 1.88. The van der Waals surface area contributed by atoms with E-state index in [0.29, 0.717) is 11.4 Å². The lowest BCUT2D eigenvalue weighted by atomic mass is 10.1. The van der Waals surface area contributed by atoms with Gasteiger partial charge in [-0.15, -0.1) is 11.8 Å². The van der Waals surface area contributed by atoms with Gasteiger partial charge >= 0.3 is 0 Å². The van der Waals surface area contributed by atoms with Crippen LogP contribution in [0, 0.1) is 0 Å². The highest BCUT2D eigenvalue weighted by Crippen LogP contribution is 2.20. The maximum Gasteiger partial charge on any atom is 0.255 e. The Morgan fingerprint density at radius 3 is 2.48 bits per heavy atom. The maximum atomic E-state index is 12.3. The number of nitrogens with two attached hydrogens (primary N) is 1. The topological polar surface area (TPSA) is 68.0 Å². The highest BCUT2D eigenvalue weighted by atomic mass is 32.2. The number of aromatic nitrogens is 1. The van der Waals surface area contributed by atoms with E-state index in [1.165, 1.54) is 0 Å². The average Bonchev–Trinajstić information content (AvgIpc) is 2.47. The lowest BCUT2D eigenvalue weighted by Gasteiger charge is -2.10. The van der Waals surface area contributed by atoms with E-state index in [9.17, 15) is 4.79 Å². The molecule has 0 atom stereocenters. The second-order valence-corrected chi connectivity index (χ2v) is 5.92. The van der Waals surface area contributed by atoms with Crippen molar-refractivity contribution in [3.8, 4) is 0 Å². The van der Waals surface area contributed by atoms with Crippen molar-refractivity contribution < 1.29 is 4.79 Å². The first-order chi connectivity index (χ1) is 9.99. The van der Waals surface area contributed by atoms with Gasteiger partial charge in [-0.3, -0.25) is 4.79 Å². The van der Waals surface area contributed by atoms with Gasteiger partial charge in [0.1, 0.15) is 5.82 Å². The fourth-order valence-corrected chi connectivity index (χ4v) is 2.29. The van der Waals surface area contributed by atoms with Crippen molar-refractivity contribution in [1.82, 2.24) is 4.98 Å². The standard InChI is InChI=1S/C16H19N3OS/c1-10(2)14-8-11(9-15(17)19-14)16(20)18-12-4-6-13(21-3)7-5-12/h4-10H,1-3H3,(H2,17,19)(H,18,20). The summed E-state index contributed by atoms with van der Waals surface area (Å²) in [5, 5.41) is 2.87. The van der Waals surface area contributed by atoms with Gasteiger partial charge in [0.05, 0.1) is 0 Å². The van der Waals surface area contributed by atoms with E-state index in [2.05, 4.69) is 10.3 Å². The quantitative estimate of drug-likeness (QED) is 0.844. The summed E-state index contributed by atoms with van der Waals surface area (Å²) in [4.78, 5) is 17.7. The predicted octanol–water partition coefficient (Wildman–Crippen LogP) is 3.76. The van der Waals surface area contributed by atoms with Gasteiger partial charge in [-0.05, 0) is 48.6 Å². The van der Waals surface area contributed by atoms with Gasteiger partial charge in [-0.25, -0.2) is 4.98 Å². The molecule has 1 aromatic heterocycles. The van der Waals surface area contributed by atoms with Gasteiger partial charge in [0.15, 0.2) is 0 Å². The lowest BCUT2D eigenvalue weighted by molar-refractivity contribution is 0.102. The van der Waals surface area contributed by atoms with Crippen molar-refractivity contribution >= 4 is 29.2 Å². The van der Waals surface area contributed by atoms with E-state index in [1.54, 1.807) is 23.9 Å². The molecular weight excluding hydrogens is 282 g/mol. The smallest absolute Gasteiger partial charge is 0.255 e. The first kappa shape index (κ1) is 15.4. The molecule has 2 aromatic rings. The highest BCUT2D eigenvalue weighted by molar-refractivity contribution is 7.98. The number of benzene rings is 1. The normalized spacial score (nSPS) is 10.7. The van der Waals surface area contributed by atoms with E-state index in [-0.39, 0.29) is 11.8 Å². The van der Waals surface area contributed by atoms with Crippen molar-refractivity contribution in [2.75, 3.05) is 17.3 Å². The number of anilines is 2. The Bertz CT molecular complexity index is 638. The third kappa shape index (κ3) is 3.98. The minimum Gasteiger partial charge on any atom is -0.384 e. The summed E-state index contributed by atoms with van der Waals surface area (Å²) in [6.07, 6.45) is 2.01. The molecule has 0 aliphatic rings. The molecule has 0 saturated carbocycles. The van der Waals surface area contributed by atoms with Gasteiger partial charge < -0.3 is 11.1 Å². The molecule has 0 aliphatic carbocycles. The summed E-state index contributed by atoms with van der Waals surface area (Å²) in [7, 11) is 0. The Labute approximate surface area is 129 Å². The third-order valence-corrected chi connectivity index (χ3v) is 3.81. The number of rotatable bonds is 4. The van der Waals surface area contributed by atoms with Crippen LogP contribution in [0.4, 0.5) is 11.5 Å². The molecule has 0 unspecified atom stereocenters. The lowest BCUT2D eigenvalue weighted by Crippen LogP contribution is -2.13. The molecule has 0 radical (unpaired) electrons. The molecule has 0 aliphatic heterocycles.